The maximum absolute atomic E-state index is 6.09. The summed E-state index contributed by atoms with van der Waals surface area (Å²) in [7, 11) is 0. The van der Waals surface area contributed by atoms with Crippen LogP contribution in [-0.4, -0.2) is 22.8 Å². The highest BCUT2D eigenvalue weighted by atomic mass is 16.5. The number of ether oxygens (including phenoxy) is 1. The van der Waals surface area contributed by atoms with Crippen LogP contribution in [0.1, 0.15) is 65.6 Å². The van der Waals surface area contributed by atoms with Crippen LogP contribution in [0.5, 0.6) is 0 Å². The van der Waals surface area contributed by atoms with E-state index in [1.54, 1.807) is 0 Å². The van der Waals surface area contributed by atoms with Gasteiger partial charge >= 0.3 is 0 Å². The van der Waals surface area contributed by atoms with Crippen molar-refractivity contribution in [3.05, 3.63) is 11.7 Å². The summed E-state index contributed by atoms with van der Waals surface area (Å²) < 4.78 is 11.2. The third-order valence-electron chi connectivity index (χ3n) is 3.65. The summed E-state index contributed by atoms with van der Waals surface area (Å²) in [5.74, 6) is 1.83. The Balaban J connectivity index is 2.79. The summed E-state index contributed by atoms with van der Waals surface area (Å²) in [6.45, 7) is 11.1. The zero-order valence-electron chi connectivity index (χ0n) is 13.5. The van der Waals surface area contributed by atoms with Gasteiger partial charge in [0.15, 0.2) is 0 Å². The molecule has 5 heteroatoms. The van der Waals surface area contributed by atoms with Crippen molar-refractivity contribution in [3.8, 4) is 0 Å². The lowest BCUT2D eigenvalue weighted by atomic mass is 9.96. The lowest BCUT2D eigenvalue weighted by Crippen LogP contribution is -2.30. The van der Waals surface area contributed by atoms with E-state index in [4.69, 9.17) is 15.0 Å². The van der Waals surface area contributed by atoms with Gasteiger partial charge in [-0.15, -0.1) is 0 Å². The summed E-state index contributed by atoms with van der Waals surface area (Å²) in [6.07, 6.45) is 3.24. The van der Waals surface area contributed by atoms with Gasteiger partial charge in [-0.1, -0.05) is 32.9 Å². The third-order valence-corrected chi connectivity index (χ3v) is 3.65. The lowest BCUT2D eigenvalue weighted by Gasteiger charge is -2.27. The van der Waals surface area contributed by atoms with Crippen LogP contribution < -0.4 is 5.73 Å². The average Bonchev–Trinajstić information content (AvgIpc) is 2.84. The zero-order valence-corrected chi connectivity index (χ0v) is 13.5. The number of nitrogens with two attached hydrogens (primary N) is 1. The molecule has 20 heavy (non-hydrogen) atoms. The minimum absolute atomic E-state index is 0.0630. The smallest absolute Gasteiger partial charge is 0.228 e. The number of aromatic nitrogens is 2. The molecule has 0 saturated heterocycles. The van der Waals surface area contributed by atoms with E-state index in [0.717, 1.165) is 19.3 Å². The van der Waals surface area contributed by atoms with Gasteiger partial charge in [-0.05, 0) is 32.1 Å². The van der Waals surface area contributed by atoms with Crippen molar-refractivity contribution < 1.29 is 9.26 Å². The number of rotatable bonds is 9. The molecule has 5 nitrogen and oxygen atoms in total. The van der Waals surface area contributed by atoms with Crippen molar-refractivity contribution >= 4 is 0 Å². The van der Waals surface area contributed by atoms with Gasteiger partial charge < -0.3 is 15.0 Å². The molecule has 1 heterocycles. The molecule has 0 amide bonds. The van der Waals surface area contributed by atoms with Gasteiger partial charge in [0.2, 0.25) is 11.7 Å². The molecular weight excluding hydrogens is 254 g/mol. The molecule has 0 aliphatic heterocycles. The van der Waals surface area contributed by atoms with Crippen molar-refractivity contribution in [3.63, 3.8) is 0 Å². The third kappa shape index (κ3) is 4.28. The molecule has 1 aromatic heterocycles. The van der Waals surface area contributed by atoms with Crippen LogP contribution in [0.15, 0.2) is 4.52 Å². The van der Waals surface area contributed by atoms with Crippen molar-refractivity contribution in [2.24, 2.45) is 11.7 Å². The fourth-order valence-electron chi connectivity index (χ4n) is 2.55. The molecular formula is C15H29N3O2. The van der Waals surface area contributed by atoms with Gasteiger partial charge in [-0.2, -0.15) is 4.98 Å². The molecule has 1 rings (SSSR count). The van der Waals surface area contributed by atoms with Gasteiger partial charge in [0, 0.05) is 19.1 Å². The molecule has 1 unspecified atom stereocenters. The Morgan fingerprint density at radius 1 is 1.25 bits per heavy atom. The topological polar surface area (TPSA) is 74.2 Å². The van der Waals surface area contributed by atoms with Crippen LogP contribution in [0.3, 0.4) is 0 Å². The van der Waals surface area contributed by atoms with Crippen molar-refractivity contribution in [1.82, 2.24) is 10.1 Å². The summed E-state index contributed by atoms with van der Waals surface area (Å²) in [4.78, 5) is 4.51. The second-order valence-electron chi connectivity index (χ2n) is 5.74. The van der Waals surface area contributed by atoms with Crippen molar-refractivity contribution in [2.75, 3.05) is 6.61 Å². The minimum atomic E-state index is -0.432. The fourth-order valence-corrected chi connectivity index (χ4v) is 2.55. The summed E-state index contributed by atoms with van der Waals surface area (Å²) in [6, 6.07) is 0.0630. The number of nitrogens with zero attached hydrogens (tertiary/aromatic N) is 2. The maximum Gasteiger partial charge on any atom is 0.228 e. The SMILES string of the molecule is CCOC(CC)(CC)c1noc(CC(N)CC(C)C)n1. The predicted octanol–water partition coefficient (Wildman–Crippen LogP) is 3.04. The van der Waals surface area contributed by atoms with Crippen LogP contribution in [0.25, 0.3) is 0 Å². The van der Waals surface area contributed by atoms with Crippen molar-refractivity contribution in [2.45, 2.75) is 71.9 Å². The highest BCUT2D eigenvalue weighted by Gasteiger charge is 2.34. The molecule has 0 bridgehead atoms. The van der Waals surface area contributed by atoms with Gasteiger partial charge in [-0.25, -0.2) is 0 Å². The Hall–Kier alpha value is -0.940. The van der Waals surface area contributed by atoms with Gasteiger partial charge in [-0.3, -0.25) is 0 Å². The summed E-state index contributed by atoms with van der Waals surface area (Å²) in [5.41, 5.74) is 5.66. The predicted molar refractivity (Wildman–Crippen MR) is 79.3 cm³/mol. The van der Waals surface area contributed by atoms with Crippen LogP contribution >= 0.6 is 0 Å². The highest BCUT2D eigenvalue weighted by molar-refractivity contribution is 5.01. The molecule has 2 N–H and O–H groups in total. The largest absolute Gasteiger partial charge is 0.367 e. The Kier molecular flexibility index (Phi) is 6.62. The zero-order chi connectivity index (χ0) is 15.2. The van der Waals surface area contributed by atoms with Crippen LogP contribution in [0, 0.1) is 5.92 Å². The Labute approximate surface area is 122 Å². The van der Waals surface area contributed by atoms with E-state index < -0.39 is 5.60 Å². The molecule has 0 radical (unpaired) electrons. The number of hydrogen-bond acceptors (Lipinski definition) is 5. The minimum Gasteiger partial charge on any atom is -0.367 e. The van der Waals surface area contributed by atoms with E-state index in [1.165, 1.54) is 0 Å². The van der Waals surface area contributed by atoms with E-state index in [1.807, 2.05) is 6.92 Å². The van der Waals surface area contributed by atoms with E-state index in [2.05, 4.69) is 37.8 Å². The molecule has 0 fully saturated rings. The molecule has 0 aliphatic rings. The van der Waals surface area contributed by atoms with Crippen LogP contribution in [0.4, 0.5) is 0 Å². The molecule has 1 atom stereocenters. The van der Waals surface area contributed by atoms with Crippen LogP contribution in [-0.2, 0) is 16.8 Å². The van der Waals surface area contributed by atoms with E-state index >= 15 is 0 Å². The monoisotopic (exact) mass is 283 g/mol. The Morgan fingerprint density at radius 2 is 1.90 bits per heavy atom. The van der Waals surface area contributed by atoms with Crippen molar-refractivity contribution in [1.29, 1.82) is 0 Å². The van der Waals surface area contributed by atoms with E-state index in [-0.39, 0.29) is 6.04 Å². The second-order valence-corrected chi connectivity index (χ2v) is 5.74. The Morgan fingerprint density at radius 3 is 2.40 bits per heavy atom. The Bertz CT molecular complexity index is 386. The molecule has 1 aromatic rings. The van der Waals surface area contributed by atoms with Gasteiger partial charge in [0.1, 0.15) is 5.60 Å². The lowest BCUT2D eigenvalue weighted by molar-refractivity contribution is -0.0583. The van der Waals surface area contributed by atoms with E-state index in [9.17, 15) is 0 Å². The fraction of sp³-hybridized carbons (Fsp3) is 0.867. The highest BCUT2D eigenvalue weighted by Crippen LogP contribution is 2.31. The first-order chi connectivity index (χ1) is 9.47. The van der Waals surface area contributed by atoms with E-state index in [0.29, 0.717) is 30.7 Å². The molecule has 0 aromatic carbocycles. The molecule has 0 aliphatic carbocycles. The normalized spacial score (nSPS) is 13.9. The first kappa shape index (κ1) is 17.1. The van der Waals surface area contributed by atoms with Gasteiger partial charge in [0.25, 0.3) is 0 Å². The first-order valence-electron chi connectivity index (χ1n) is 7.70. The van der Waals surface area contributed by atoms with Crippen LogP contribution in [0.2, 0.25) is 0 Å². The molecule has 116 valence electrons. The number of hydrogen-bond donors (Lipinski definition) is 1. The summed E-state index contributed by atoms with van der Waals surface area (Å²) >= 11 is 0. The molecule has 0 saturated carbocycles. The summed E-state index contributed by atoms with van der Waals surface area (Å²) in [5, 5.41) is 4.11. The quantitative estimate of drug-likeness (QED) is 0.754. The second kappa shape index (κ2) is 7.74. The standard InChI is InChI=1S/C15H29N3O2/c1-6-15(7-2,19-8-3)14-17-13(20-18-14)10-12(16)9-11(4)5/h11-12H,6-10,16H2,1-5H3. The van der Waals surface area contributed by atoms with Gasteiger partial charge in [0.05, 0.1) is 0 Å². The average molecular weight is 283 g/mol. The molecule has 0 spiro atoms. The first-order valence-corrected chi connectivity index (χ1v) is 7.70. The maximum atomic E-state index is 6.09.